The van der Waals surface area contributed by atoms with Gasteiger partial charge in [-0.15, -0.1) is 12.4 Å². The van der Waals surface area contributed by atoms with Gasteiger partial charge in [0.15, 0.2) is 6.61 Å². The Balaban J connectivity index is 0.00000196. The number of halogens is 1. The summed E-state index contributed by atoms with van der Waals surface area (Å²) in [6.07, 6.45) is 3.39. The molecule has 140 valence electrons. The van der Waals surface area contributed by atoms with Crippen LogP contribution in [0.1, 0.15) is 31.0 Å². The number of aromatic nitrogens is 2. The summed E-state index contributed by atoms with van der Waals surface area (Å²) >= 11 is 0. The van der Waals surface area contributed by atoms with Crippen molar-refractivity contribution >= 4 is 24.0 Å². The minimum atomic E-state index is -0.0591. The molecule has 2 aliphatic carbocycles. The highest BCUT2D eigenvalue weighted by atomic mass is 35.5. The van der Waals surface area contributed by atoms with Crippen LogP contribution in [0.5, 0.6) is 5.75 Å². The highest BCUT2D eigenvalue weighted by molar-refractivity contribution is 5.93. The van der Waals surface area contributed by atoms with Crippen molar-refractivity contribution in [2.75, 3.05) is 5.32 Å². The van der Waals surface area contributed by atoms with Gasteiger partial charge < -0.3 is 20.3 Å². The van der Waals surface area contributed by atoms with Crippen LogP contribution >= 0.6 is 12.4 Å². The Morgan fingerprint density at radius 3 is 2.65 bits per heavy atom. The minimum Gasteiger partial charge on any atom is -0.485 e. The van der Waals surface area contributed by atoms with Crippen LogP contribution in [-0.2, 0) is 11.4 Å². The van der Waals surface area contributed by atoms with Crippen molar-refractivity contribution in [2.45, 2.75) is 38.8 Å². The van der Waals surface area contributed by atoms with Crippen LogP contribution in [0.3, 0.4) is 0 Å². The van der Waals surface area contributed by atoms with Crippen molar-refractivity contribution < 1.29 is 14.1 Å². The fourth-order valence-corrected chi connectivity index (χ4v) is 4.13. The van der Waals surface area contributed by atoms with Gasteiger partial charge in [0.2, 0.25) is 17.6 Å². The second kappa shape index (κ2) is 7.63. The maximum absolute atomic E-state index is 12.6. The smallest absolute Gasteiger partial charge is 0.229 e. The predicted molar refractivity (Wildman–Crippen MR) is 98.0 cm³/mol. The van der Waals surface area contributed by atoms with E-state index in [1.165, 1.54) is 6.42 Å². The Morgan fingerprint density at radius 1 is 1.31 bits per heavy atom. The number of hydrogen-bond donors (Lipinski definition) is 2. The molecule has 2 fully saturated rings. The Kier molecular flexibility index (Phi) is 5.48. The molecule has 7 nitrogen and oxygen atoms in total. The van der Waals surface area contributed by atoms with Gasteiger partial charge in [-0.2, -0.15) is 4.98 Å². The molecule has 0 spiro atoms. The zero-order valence-corrected chi connectivity index (χ0v) is 15.4. The molecular formula is C18H23ClN4O3. The molecule has 4 rings (SSSR count). The third-order valence-corrected chi connectivity index (χ3v) is 5.34. The number of amides is 1. The van der Waals surface area contributed by atoms with E-state index in [2.05, 4.69) is 15.5 Å². The van der Waals surface area contributed by atoms with Gasteiger partial charge in [-0.25, -0.2) is 0 Å². The fourth-order valence-electron chi connectivity index (χ4n) is 4.13. The van der Waals surface area contributed by atoms with Gasteiger partial charge in [-0.3, -0.25) is 4.79 Å². The first kappa shape index (κ1) is 18.7. The fraction of sp³-hybridized carbons (Fsp3) is 0.500. The van der Waals surface area contributed by atoms with Crippen LogP contribution in [0.2, 0.25) is 0 Å². The highest BCUT2D eigenvalue weighted by Crippen LogP contribution is 2.47. The number of anilines is 1. The Hall–Kier alpha value is -2.12. The van der Waals surface area contributed by atoms with Crippen molar-refractivity contribution in [2.24, 2.45) is 23.5 Å². The van der Waals surface area contributed by atoms with Crippen molar-refractivity contribution in [1.29, 1.82) is 0 Å². The lowest BCUT2D eigenvalue weighted by Gasteiger charge is -2.27. The van der Waals surface area contributed by atoms with E-state index in [0.717, 1.165) is 18.5 Å². The first-order valence-corrected chi connectivity index (χ1v) is 8.68. The van der Waals surface area contributed by atoms with Gasteiger partial charge in [0.25, 0.3) is 0 Å². The van der Waals surface area contributed by atoms with E-state index < -0.39 is 0 Å². The van der Waals surface area contributed by atoms with Gasteiger partial charge >= 0.3 is 0 Å². The molecule has 0 saturated heterocycles. The number of nitrogens with two attached hydrogens (primary N) is 1. The number of benzene rings is 1. The Morgan fingerprint density at radius 2 is 2.04 bits per heavy atom. The molecule has 4 atom stereocenters. The largest absolute Gasteiger partial charge is 0.485 e. The molecule has 1 aromatic heterocycles. The van der Waals surface area contributed by atoms with E-state index >= 15 is 0 Å². The molecule has 1 heterocycles. The van der Waals surface area contributed by atoms with Crippen molar-refractivity contribution in [3.05, 3.63) is 36.0 Å². The Labute approximate surface area is 158 Å². The van der Waals surface area contributed by atoms with Crippen molar-refractivity contribution in [3.63, 3.8) is 0 Å². The number of aryl methyl sites for hydroxylation is 1. The van der Waals surface area contributed by atoms with Gasteiger partial charge in [0.05, 0.1) is 5.92 Å². The van der Waals surface area contributed by atoms with Crippen LogP contribution in [0.4, 0.5) is 5.69 Å². The van der Waals surface area contributed by atoms with Crippen LogP contribution in [0.25, 0.3) is 0 Å². The van der Waals surface area contributed by atoms with Gasteiger partial charge in [-0.1, -0.05) is 5.16 Å². The monoisotopic (exact) mass is 378 g/mol. The Bertz CT molecular complexity index is 762. The van der Waals surface area contributed by atoms with E-state index in [4.69, 9.17) is 15.0 Å². The maximum Gasteiger partial charge on any atom is 0.229 e. The van der Waals surface area contributed by atoms with E-state index in [-0.39, 0.29) is 36.9 Å². The molecule has 2 bridgehead atoms. The highest BCUT2D eigenvalue weighted by Gasteiger charge is 2.49. The van der Waals surface area contributed by atoms with Crippen LogP contribution in [-0.4, -0.2) is 22.1 Å². The zero-order valence-electron chi connectivity index (χ0n) is 14.6. The molecule has 2 aromatic rings. The third-order valence-electron chi connectivity index (χ3n) is 5.34. The van der Waals surface area contributed by atoms with E-state index in [9.17, 15) is 4.79 Å². The number of nitrogens with one attached hydrogen (secondary N) is 1. The zero-order chi connectivity index (χ0) is 17.4. The number of rotatable bonds is 5. The summed E-state index contributed by atoms with van der Waals surface area (Å²) in [6.45, 7) is 1.97. The summed E-state index contributed by atoms with van der Waals surface area (Å²) in [4.78, 5) is 16.6. The van der Waals surface area contributed by atoms with Crippen LogP contribution < -0.4 is 15.8 Å². The summed E-state index contributed by atoms with van der Waals surface area (Å²) in [7, 11) is 0. The van der Waals surface area contributed by atoms with Gasteiger partial charge in [0, 0.05) is 18.7 Å². The number of carbonyl (C=O) groups is 1. The molecule has 2 aliphatic rings. The number of ether oxygens (including phenoxy) is 1. The second-order valence-corrected chi connectivity index (χ2v) is 6.97. The summed E-state index contributed by atoms with van der Waals surface area (Å²) in [5, 5.41) is 6.77. The lowest BCUT2D eigenvalue weighted by atomic mass is 9.84. The van der Waals surface area contributed by atoms with E-state index in [0.29, 0.717) is 29.3 Å². The van der Waals surface area contributed by atoms with Gasteiger partial charge in [0.1, 0.15) is 5.75 Å². The third kappa shape index (κ3) is 3.68. The standard InChI is InChI=1S/C18H22N4O3.ClH/c1-10-20-15(22-25-10)9-24-14-6-4-13(5-7-14)21-18(23)16-11-2-3-12(8-11)17(16)19;/h4-7,11-12,16-17H,2-3,8-9,19H2,1H3,(H,21,23);1H. The molecule has 1 amide bonds. The van der Waals surface area contributed by atoms with Gasteiger partial charge in [-0.05, 0) is 55.4 Å². The molecular weight excluding hydrogens is 356 g/mol. The van der Waals surface area contributed by atoms with Crippen molar-refractivity contribution in [1.82, 2.24) is 10.1 Å². The van der Waals surface area contributed by atoms with Crippen molar-refractivity contribution in [3.8, 4) is 5.75 Å². The quantitative estimate of drug-likeness (QED) is 0.829. The molecule has 26 heavy (non-hydrogen) atoms. The molecule has 8 heteroatoms. The summed E-state index contributed by atoms with van der Waals surface area (Å²) in [6, 6.07) is 7.27. The minimum absolute atomic E-state index is 0. The van der Waals surface area contributed by atoms with E-state index in [1.54, 1.807) is 6.92 Å². The molecule has 1 aromatic carbocycles. The van der Waals surface area contributed by atoms with E-state index in [1.807, 2.05) is 24.3 Å². The normalized spacial score (nSPS) is 26.4. The molecule has 0 aliphatic heterocycles. The first-order chi connectivity index (χ1) is 12.1. The molecule has 3 N–H and O–H groups in total. The molecule has 4 unspecified atom stereocenters. The van der Waals surface area contributed by atoms with Crippen LogP contribution in [0, 0.1) is 24.7 Å². The average molecular weight is 379 g/mol. The SMILES string of the molecule is Cc1nc(COc2ccc(NC(=O)C3C4CCC(C4)C3N)cc2)no1.Cl. The predicted octanol–water partition coefficient (Wildman–Crippen LogP) is 2.69. The summed E-state index contributed by atoms with van der Waals surface area (Å²) in [5.41, 5.74) is 6.99. The number of nitrogens with zero attached hydrogens (tertiary/aromatic N) is 2. The molecule has 2 saturated carbocycles. The number of fused-ring (bicyclic) bond motifs is 2. The average Bonchev–Trinajstić information content (AvgIpc) is 3.30. The lowest BCUT2D eigenvalue weighted by molar-refractivity contribution is -0.121. The second-order valence-electron chi connectivity index (χ2n) is 6.97. The molecule has 0 radical (unpaired) electrons. The lowest BCUT2D eigenvalue weighted by Crippen LogP contribution is -2.42. The maximum atomic E-state index is 12.6. The van der Waals surface area contributed by atoms with Crippen LogP contribution in [0.15, 0.2) is 28.8 Å². The number of carbonyl (C=O) groups excluding carboxylic acids is 1. The topological polar surface area (TPSA) is 103 Å². The summed E-state index contributed by atoms with van der Waals surface area (Å²) < 4.78 is 10.5. The first-order valence-electron chi connectivity index (χ1n) is 8.68. The number of hydrogen-bond acceptors (Lipinski definition) is 6. The summed E-state index contributed by atoms with van der Waals surface area (Å²) in [5.74, 6) is 2.63.